The molecule has 0 spiro atoms. The predicted molar refractivity (Wildman–Crippen MR) is 248 cm³/mol. The molecule has 2 fully saturated rings. The average molecular weight is 939 g/mol. The van der Waals surface area contributed by atoms with E-state index in [0.717, 1.165) is 63.5 Å². The summed E-state index contributed by atoms with van der Waals surface area (Å²) in [6.07, 6.45) is 13.2. The molecule has 0 heterocycles. The Kier molecular flexibility index (Phi) is 21.8. The van der Waals surface area contributed by atoms with Crippen LogP contribution < -0.4 is 28.4 Å². The van der Waals surface area contributed by atoms with E-state index < -0.39 is 35.7 Å². The number of aldehydes is 1. The smallest absolute Gasteiger partial charge is 0.330 e. The maximum absolute atomic E-state index is 13.2. The van der Waals surface area contributed by atoms with Gasteiger partial charge in [0.05, 0.1) is 55.7 Å². The van der Waals surface area contributed by atoms with E-state index in [1.54, 1.807) is 48.5 Å². The van der Waals surface area contributed by atoms with E-state index >= 15 is 0 Å². The quantitative estimate of drug-likeness (QED) is 0.0230. The van der Waals surface area contributed by atoms with Gasteiger partial charge in [-0.2, -0.15) is 0 Å². The van der Waals surface area contributed by atoms with Crippen LogP contribution in [-0.2, 0) is 38.2 Å². The highest BCUT2D eigenvalue weighted by Gasteiger charge is 2.34. The number of hydrogen-bond donors (Lipinski definition) is 0. The van der Waals surface area contributed by atoms with Gasteiger partial charge >= 0.3 is 35.8 Å². The summed E-state index contributed by atoms with van der Waals surface area (Å²) in [7, 11) is 0. The fourth-order valence-corrected chi connectivity index (χ4v) is 7.86. The van der Waals surface area contributed by atoms with E-state index in [4.69, 9.17) is 37.9 Å². The number of carbonyl (C=O) groups is 7. The number of rotatable bonds is 27. The lowest BCUT2D eigenvalue weighted by molar-refractivity contribution is -0.145. The number of esters is 6. The average Bonchev–Trinajstić information content (AvgIpc) is 3.36. The van der Waals surface area contributed by atoms with Gasteiger partial charge in [-0.3, -0.25) is 24.0 Å². The molecule has 0 saturated heterocycles. The molecule has 5 rings (SSSR count). The third-order valence-electron chi connectivity index (χ3n) is 11.8. The van der Waals surface area contributed by atoms with Crippen molar-refractivity contribution in [2.75, 3.05) is 26.4 Å². The van der Waals surface area contributed by atoms with Gasteiger partial charge in [0.15, 0.2) is 6.29 Å². The number of unbranched alkanes of at least 4 members (excludes halogenated alkanes) is 6. The second-order valence-electron chi connectivity index (χ2n) is 16.8. The summed E-state index contributed by atoms with van der Waals surface area (Å²) in [4.78, 5) is 86.3. The topological polar surface area (TPSA) is 193 Å². The van der Waals surface area contributed by atoms with Crippen molar-refractivity contribution in [1.29, 1.82) is 0 Å². The second-order valence-corrected chi connectivity index (χ2v) is 16.8. The molecule has 0 unspecified atom stereocenters. The minimum Gasteiger partial charge on any atom is -0.494 e. The summed E-state index contributed by atoms with van der Waals surface area (Å²) in [6.45, 7) is 8.54. The van der Waals surface area contributed by atoms with Crippen LogP contribution in [0.25, 0.3) is 0 Å². The normalized spacial score (nSPS) is 17.6. The SMILES string of the molecule is C=CC(=O)OCCCCCCOc1ccc(OC(=O)C2CCC(C(=O)Oc3ccc(OC(=O)[C@H]4CC[C@@H](C(=O)Oc5ccc(OCCCCCCOC(=O)C=C)cc5)CC4)cc3C=O)CC2)cc1. The van der Waals surface area contributed by atoms with E-state index in [-0.39, 0.29) is 40.8 Å². The van der Waals surface area contributed by atoms with Crippen LogP contribution in [0.3, 0.4) is 0 Å². The number of hydrogen-bond acceptors (Lipinski definition) is 15. The van der Waals surface area contributed by atoms with Crippen LogP contribution in [0, 0.1) is 23.7 Å². The van der Waals surface area contributed by atoms with Gasteiger partial charge in [0.25, 0.3) is 0 Å². The Labute approximate surface area is 397 Å². The van der Waals surface area contributed by atoms with Crippen molar-refractivity contribution < 1.29 is 71.5 Å². The minimum atomic E-state index is -0.517. The van der Waals surface area contributed by atoms with Gasteiger partial charge in [0.1, 0.15) is 34.5 Å². The lowest BCUT2D eigenvalue weighted by atomic mass is 9.82. The van der Waals surface area contributed by atoms with Crippen molar-refractivity contribution in [1.82, 2.24) is 0 Å². The molecule has 68 heavy (non-hydrogen) atoms. The van der Waals surface area contributed by atoms with Crippen LogP contribution in [0.15, 0.2) is 92.0 Å². The van der Waals surface area contributed by atoms with Gasteiger partial charge in [0, 0.05) is 12.2 Å². The molecule has 364 valence electrons. The molecule has 0 radical (unpaired) electrons. The van der Waals surface area contributed by atoms with E-state index in [0.29, 0.717) is 107 Å². The summed E-state index contributed by atoms with van der Waals surface area (Å²) in [5.74, 6) is -1.97. The maximum atomic E-state index is 13.2. The molecule has 2 saturated carbocycles. The molecular formula is C53H62O15. The third-order valence-corrected chi connectivity index (χ3v) is 11.8. The van der Waals surface area contributed by atoms with Crippen molar-refractivity contribution in [2.45, 2.75) is 103 Å². The number of benzene rings is 3. The fourth-order valence-electron chi connectivity index (χ4n) is 7.86. The highest BCUT2D eigenvalue weighted by Crippen LogP contribution is 2.35. The van der Waals surface area contributed by atoms with Gasteiger partial charge in [-0.15, -0.1) is 0 Å². The van der Waals surface area contributed by atoms with Crippen molar-refractivity contribution >= 4 is 42.1 Å². The Bertz CT molecular complexity index is 2150. The Morgan fingerprint density at radius 1 is 0.426 bits per heavy atom. The van der Waals surface area contributed by atoms with Gasteiger partial charge in [-0.25, -0.2) is 9.59 Å². The first-order valence-electron chi connectivity index (χ1n) is 23.5. The summed E-state index contributed by atoms with van der Waals surface area (Å²) in [6, 6.07) is 17.9. The molecule has 0 bridgehead atoms. The predicted octanol–water partition coefficient (Wildman–Crippen LogP) is 9.47. The Morgan fingerprint density at radius 2 is 0.750 bits per heavy atom. The Morgan fingerprint density at radius 3 is 1.12 bits per heavy atom. The van der Waals surface area contributed by atoms with Crippen LogP contribution in [0.5, 0.6) is 34.5 Å². The Balaban J connectivity index is 0.949. The van der Waals surface area contributed by atoms with E-state index in [1.807, 2.05) is 0 Å². The van der Waals surface area contributed by atoms with Crippen LogP contribution in [0.1, 0.15) is 113 Å². The summed E-state index contributed by atoms with van der Waals surface area (Å²) < 4.78 is 44.0. The van der Waals surface area contributed by atoms with Gasteiger partial charge in [-0.1, -0.05) is 13.2 Å². The lowest BCUT2D eigenvalue weighted by Gasteiger charge is -2.26. The molecule has 3 aromatic rings. The first-order valence-corrected chi connectivity index (χ1v) is 23.5. The van der Waals surface area contributed by atoms with Crippen molar-refractivity contribution in [3.05, 3.63) is 97.6 Å². The molecule has 15 heteroatoms. The van der Waals surface area contributed by atoms with Gasteiger partial charge in [-0.05, 0) is 169 Å². The van der Waals surface area contributed by atoms with Crippen LogP contribution in [-0.4, -0.2) is 68.5 Å². The summed E-state index contributed by atoms with van der Waals surface area (Å²) in [5.41, 5.74) is 0.0431. The zero-order valence-electron chi connectivity index (χ0n) is 38.6. The molecule has 0 aromatic heterocycles. The zero-order valence-corrected chi connectivity index (χ0v) is 38.6. The van der Waals surface area contributed by atoms with Gasteiger partial charge in [0.2, 0.25) is 0 Å². The molecule has 0 aliphatic heterocycles. The monoisotopic (exact) mass is 938 g/mol. The molecule has 2 aliphatic carbocycles. The highest BCUT2D eigenvalue weighted by molar-refractivity contribution is 5.85. The molecule has 0 amide bonds. The van der Waals surface area contributed by atoms with Crippen LogP contribution in [0.2, 0.25) is 0 Å². The van der Waals surface area contributed by atoms with Crippen molar-refractivity contribution in [2.24, 2.45) is 23.7 Å². The van der Waals surface area contributed by atoms with E-state index in [9.17, 15) is 33.6 Å². The van der Waals surface area contributed by atoms with E-state index in [1.165, 1.54) is 18.2 Å². The molecule has 0 atom stereocenters. The number of ether oxygens (including phenoxy) is 8. The zero-order chi connectivity index (χ0) is 48.5. The minimum absolute atomic E-state index is 0.0395. The molecule has 15 nitrogen and oxygen atoms in total. The molecule has 0 N–H and O–H groups in total. The summed E-state index contributed by atoms with van der Waals surface area (Å²) in [5, 5.41) is 0. The van der Waals surface area contributed by atoms with E-state index in [2.05, 4.69) is 13.2 Å². The Hall–Kier alpha value is -6.77. The first kappa shape index (κ1) is 52.2. The summed E-state index contributed by atoms with van der Waals surface area (Å²) >= 11 is 0. The molecule has 2 aliphatic rings. The van der Waals surface area contributed by atoms with Crippen molar-refractivity contribution in [3.63, 3.8) is 0 Å². The van der Waals surface area contributed by atoms with Crippen molar-refractivity contribution in [3.8, 4) is 34.5 Å². The maximum Gasteiger partial charge on any atom is 0.330 e. The first-order chi connectivity index (χ1) is 33.0. The standard InChI is InChI=1S/C53H62O15/c1-3-48(55)63-33-11-7-5-9-31-61-42-21-25-44(26-22-42)65-50(57)37-13-15-39(16-14-37)52(59)67-46-29-30-47(41(35-46)36-54)68-53(60)40-19-17-38(18-20-40)51(58)66-45-27-23-43(24-28-45)62-32-10-6-8-12-34-64-49(56)4-2/h3-4,21-30,35-40H,1-2,5-20,31-34H2/t37-,38?,39+,40?. The molecular weight excluding hydrogens is 877 g/mol. The molecule has 3 aromatic carbocycles. The van der Waals surface area contributed by atoms with Crippen LogP contribution >= 0.6 is 0 Å². The number of carbonyl (C=O) groups excluding carboxylic acids is 7. The highest BCUT2D eigenvalue weighted by atomic mass is 16.6. The second kappa shape index (κ2) is 28.4. The van der Waals surface area contributed by atoms with Gasteiger partial charge < -0.3 is 37.9 Å². The van der Waals surface area contributed by atoms with Crippen LogP contribution in [0.4, 0.5) is 0 Å². The largest absolute Gasteiger partial charge is 0.494 e. The fraction of sp³-hybridized carbons (Fsp3) is 0.453. The lowest BCUT2D eigenvalue weighted by Crippen LogP contribution is -2.30. The third kappa shape index (κ3) is 17.8.